The van der Waals surface area contributed by atoms with Crippen molar-refractivity contribution in [3.63, 3.8) is 0 Å². The number of aromatic nitrogens is 1. The lowest BCUT2D eigenvalue weighted by Crippen LogP contribution is -2.18. The molecule has 0 bridgehead atoms. The fourth-order valence-corrected chi connectivity index (χ4v) is 2.63. The molecule has 0 spiro atoms. The maximum atomic E-state index is 12.2. The van der Waals surface area contributed by atoms with Gasteiger partial charge in [0.05, 0.1) is 0 Å². The SMILES string of the molecule is O=C(Cc1cccnc1)C1CCCCCCC1. The Kier molecular flexibility index (Phi) is 4.72. The fourth-order valence-electron chi connectivity index (χ4n) is 2.63. The highest BCUT2D eigenvalue weighted by Crippen LogP contribution is 2.23. The van der Waals surface area contributed by atoms with Crippen LogP contribution in [0.25, 0.3) is 0 Å². The van der Waals surface area contributed by atoms with Crippen molar-refractivity contribution in [2.75, 3.05) is 0 Å². The van der Waals surface area contributed by atoms with Crippen LogP contribution in [0.1, 0.15) is 50.5 Å². The fraction of sp³-hybridized carbons (Fsp3) is 0.600. The summed E-state index contributed by atoms with van der Waals surface area (Å²) < 4.78 is 0. The van der Waals surface area contributed by atoms with Gasteiger partial charge in [-0.25, -0.2) is 0 Å². The summed E-state index contributed by atoms with van der Waals surface area (Å²) in [6, 6.07) is 3.90. The lowest BCUT2D eigenvalue weighted by molar-refractivity contribution is -0.122. The average Bonchev–Trinajstić information content (AvgIpc) is 2.29. The Morgan fingerprint density at radius 2 is 1.88 bits per heavy atom. The van der Waals surface area contributed by atoms with Crippen LogP contribution in [0.2, 0.25) is 0 Å². The Morgan fingerprint density at radius 1 is 1.18 bits per heavy atom. The van der Waals surface area contributed by atoms with E-state index in [1.807, 2.05) is 12.1 Å². The molecule has 0 radical (unpaired) electrons. The van der Waals surface area contributed by atoms with Crippen LogP contribution in [0.5, 0.6) is 0 Å². The van der Waals surface area contributed by atoms with Crippen molar-refractivity contribution in [3.8, 4) is 0 Å². The number of hydrogen-bond acceptors (Lipinski definition) is 2. The van der Waals surface area contributed by atoms with E-state index in [0.29, 0.717) is 18.1 Å². The van der Waals surface area contributed by atoms with E-state index < -0.39 is 0 Å². The van der Waals surface area contributed by atoms with E-state index in [9.17, 15) is 4.79 Å². The van der Waals surface area contributed by atoms with Crippen LogP contribution in [-0.2, 0) is 11.2 Å². The number of carbonyl (C=O) groups excluding carboxylic acids is 1. The Labute approximate surface area is 103 Å². The molecule has 0 atom stereocenters. The van der Waals surface area contributed by atoms with E-state index >= 15 is 0 Å². The Morgan fingerprint density at radius 3 is 2.53 bits per heavy atom. The van der Waals surface area contributed by atoms with Crippen LogP contribution in [-0.4, -0.2) is 10.8 Å². The molecule has 1 aromatic rings. The van der Waals surface area contributed by atoms with Crippen LogP contribution < -0.4 is 0 Å². The van der Waals surface area contributed by atoms with Gasteiger partial charge < -0.3 is 0 Å². The maximum Gasteiger partial charge on any atom is 0.140 e. The largest absolute Gasteiger partial charge is 0.299 e. The smallest absolute Gasteiger partial charge is 0.140 e. The molecule has 0 saturated heterocycles. The van der Waals surface area contributed by atoms with E-state index in [0.717, 1.165) is 18.4 Å². The molecule has 2 nitrogen and oxygen atoms in total. The van der Waals surface area contributed by atoms with E-state index in [2.05, 4.69) is 4.98 Å². The maximum absolute atomic E-state index is 12.2. The number of ketones is 1. The number of Topliss-reactive ketones (excluding diaryl/α,β-unsaturated/α-hetero) is 1. The van der Waals surface area contributed by atoms with Gasteiger partial charge in [-0.1, -0.05) is 38.2 Å². The first-order valence-corrected chi connectivity index (χ1v) is 6.78. The van der Waals surface area contributed by atoms with Crippen LogP contribution >= 0.6 is 0 Å². The van der Waals surface area contributed by atoms with Gasteiger partial charge in [-0.15, -0.1) is 0 Å². The zero-order valence-electron chi connectivity index (χ0n) is 10.4. The number of carbonyl (C=O) groups is 1. The van der Waals surface area contributed by atoms with Crippen molar-refractivity contribution in [1.29, 1.82) is 0 Å². The summed E-state index contributed by atoms with van der Waals surface area (Å²) in [5, 5.41) is 0. The molecule has 17 heavy (non-hydrogen) atoms. The number of pyridine rings is 1. The lowest BCUT2D eigenvalue weighted by atomic mass is 9.86. The number of hydrogen-bond donors (Lipinski definition) is 0. The molecular formula is C15H21NO. The van der Waals surface area contributed by atoms with E-state index in [1.54, 1.807) is 12.4 Å². The molecule has 0 N–H and O–H groups in total. The third-order valence-corrected chi connectivity index (χ3v) is 3.66. The lowest BCUT2D eigenvalue weighted by Gasteiger charge is -2.18. The summed E-state index contributed by atoms with van der Waals surface area (Å²) >= 11 is 0. The second kappa shape index (κ2) is 6.53. The van der Waals surface area contributed by atoms with Crippen LogP contribution in [0, 0.1) is 5.92 Å². The van der Waals surface area contributed by atoms with Crippen molar-refractivity contribution in [3.05, 3.63) is 30.1 Å². The third kappa shape index (κ3) is 3.95. The zero-order chi connectivity index (χ0) is 11.9. The molecule has 1 heterocycles. The summed E-state index contributed by atoms with van der Waals surface area (Å²) in [4.78, 5) is 16.3. The molecule has 0 aliphatic heterocycles. The quantitative estimate of drug-likeness (QED) is 0.796. The Balaban J connectivity index is 1.89. The summed E-state index contributed by atoms with van der Waals surface area (Å²) in [5.74, 6) is 0.718. The van der Waals surface area contributed by atoms with Gasteiger partial charge >= 0.3 is 0 Å². The second-order valence-electron chi connectivity index (χ2n) is 5.05. The molecule has 0 unspecified atom stereocenters. The Hall–Kier alpha value is -1.18. The highest BCUT2D eigenvalue weighted by molar-refractivity contribution is 5.83. The minimum Gasteiger partial charge on any atom is -0.299 e. The standard InChI is InChI=1S/C15H21NO/c17-15(11-13-7-6-10-16-12-13)14-8-4-2-1-3-5-9-14/h6-7,10,12,14H,1-5,8-9,11H2. The molecule has 1 fully saturated rings. The average molecular weight is 231 g/mol. The summed E-state index contributed by atoms with van der Waals surface area (Å²) in [6.45, 7) is 0. The highest BCUT2D eigenvalue weighted by atomic mass is 16.1. The monoisotopic (exact) mass is 231 g/mol. The van der Waals surface area contributed by atoms with Crippen molar-refractivity contribution in [2.24, 2.45) is 5.92 Å². The number of nitrogens with zero attached hydrogens (tertiary/aromatic N) is 1. The van der Waals surface area contributed by atoms with Gasteiger partial charge in [-0.05, 0) is 24.5 Å². The molecule has 92 valence electrons. The van der Waals surface area contributed by atoms with E-state index in [1.165, 1.54) is 32.1 Å². The predicted molar refractivity (Wildman–Crippen MR) is 68.8 cm³/mol. The number of rotatable bonds is 3. The van der Waals surface area contributed by atoms with Crippen LogP contribution in [0.15, 0.2) is 24.5 Å². The van der Waals surface area contributed by atoms with Gasteiger partial charge in [-0.2, -0.15) is 0 Å². The Bertz CT molecular complexity index is 339. The zero-order valence-corrected chi connectivity index (χ0v) is 10.4. The van der Waals surface area contributed by atoms with E-state index in [-0.39, 0.29) is 0 Å². The van der Waals surface area contributed by atoms with Crippen molar-refractivity contribution in [1.82, 2.24) is 4.98 Å². The van der Waals surface area contributed by atoms with Gasteiger partial charge in [0.25, 0.3) is 0 Å². The topological polar surface area (TPSA) is 30.0 Å². The normalized spacial score (nSPS) is 18.4. The molecule has 2 heteroatoms. The molecule has 1 aliphatic carbocycles. The molecule has 2 rings (SSSR count). The van der Waals surface area contributed by atoms with Gasteiger partial charge in [-0.3, -0.25) is 9.78 Å². The minimum atomic E-state index is 0.301. The molecular weight excluding hydrogens is 210 g/mol. The third-order valence-electron chi connectivity index (χ3n) is 3.66. The first-order chi connectivity index (χ1) is 8.36. The predicted octanol–water partition coefficient (Wildman–Crippen LogP) is 3.55. The molecule has 0 aromatic carbocycles. The van der Waals surface area contributed by atoms with Gasteiger partial charge in [0.2, 0.25) is 0 Å². The van der Waals surface area contributed by atoms with Gasteiger partial charge in [0, 0.05) is 24.7 Å². The molecule has 0 amide bonds. The summed E-state index contributed by atoms with van der Waals surface area (Å²) in [5.41, 5.74) is 1.06. The summed E-state index contributed by atoms with van der Waals surface area (Å²) in [6.07, 6.45) is 12.7. The van der Waals surface area contributed by atoms with Crippen molar-refractivity contribution < 1.29 is 4.79 Å². The van der Waals surface area contributed by atoms with E-state index in [4.69, 9.17) is 0 Å². The van der Waals surface area contributed by atoms with Crippen molar-refractivity contribution in [2.45, 2.75) is 51.4 Å². The van der Waals surface area contributed by atoms with Gasteiger partial charge in [0.15, 0.2) is 0 Å². The van der Waals surface area contributed by atoms with Crippen LogP contribution in [0.4, 0.5) is 0 Å². The first-order valence-electron chi connectivity index (χ1n) is 6.78. The van der Waals surface area contributed by atoms with Crippen LogP contribution in [0.3, 0.4) is 0 Å². The summed E-state index contributed by atoms with van der Waals surface area (Å²) in [7, 11) is 0. The van der Waals surface area contributed by atoms with Gasteiger partial charge in [0.1, 0.15) is 5.78 Å². The van der Waals surface area contributed by atoms with Crippen molar-refractivity contribution >= 4 is 5.78 Å². The molecule has 1 aromatic heterocycles. The molecule has 1 saturated carbocycles. The highest BCUT2D eigenvalue weighted by Gasteiger charge is 2.19. The second-order valence-corrected chi connectivity index (χ2v) is 5.05. The molecule has 1 aliphatic rings. The minimum absolute atomic E-state index is 0.301. The first kappa shape index (κ1) is 12.3.